The van der Waals surface area contributed by atoms with Crippen LogP contribution in [0.25, 0.3) is 38.4 Å². The Hall–Kier alpha value is -2.67. The number of thiazole rings is 1. The first-order valence-corrected chi connectivity index (χ1v) is 7.43. The fourth-order valence-corrected chi connectivity index (χ4v) is 3.50. The van der Waals surface area contributed by atoms with E-state index in [2.05, 4.69) is 24.6 Å². The first-order valence-electron chi connectivity index (χ1n) is 6.55. The molecule has 0 aliphatic carbocycles. The largest absolute Gasteiger partial charge is 0.337 e. The molecule has 4 aromatic heterocycles. The Morgan fingerprint density at radius 2 is 2.14 bits per heavy atom. The van der Waals surface area contributed by atoms with Gasteiger partial charge in [0.15, 0.2) is 10.8 Å². The summed E-state index contributed by atoms with van der Waals surface area (Å²) in [7, 11) is 0. The van der Waals surface area contributed by atoms with Crippen molar-refractivity contribution in [3.63, 3.8) is 0 Å². The maximum atomic E-state index is 4.72. The Morgan fingerprint density at radius 1 is 1.19 bits per heavy atom. The Bertz CT molecular complexity index is 1060. The highest BCUT2D eigenvalue weighted by Crippen LogP contribution is 2.28. The monoisotopic (exact) mass is 294 g/mol. The van der Waals surface area contributed by atoms with Crippen molar-refractivity contribution in [3.8, 4) is 11.5 Å². The van der Waals surface area contributed by atoms with E-state index < -0.39 is 0 Å². The van der Waals surface area contributed by atoms with Gasteiger partial charge in [-0.05, 0) is 19.1 Å². The topological polar surface area (TPSA) is 74.7 Å². The van der Waals surface area contributed by atoms with Gasteiger partial charge in [-0.1, -0.05) is 0 Å². The smallest absolute Gasteiger partial charge is 0.194 e. The summed E-state index contributed by atoms with van der Waals surface area (Å²) >= 11 is 1.62. The summed E-state index contributed by atoms with van der Waals surface area (Å²) in [6.07, 6.45) is 3.90. The molecule has 0 atom stereocenters. The van der Waals surface area contributed by atoms with Gasteiger partial charge in [-0.3, -0.25) is 9.50 Å². The number of aromatic nitrogens is 6. The number of benzene rings is 1. The van der Waals surface area contributed by atoms with Gasteiger partial charge in [0.25, 0.3) is 0 Å². The van der Waals surface area contributed by atoms with Crippen LogP contribution in [0.15, 0.2) is 29.9 Å². The molecule has 4 heterocycles. The van der Waals surface area contributed by atoms with Crippen molar-refractivity contribution in [2.24, 2.45) is 0 Å². The molecular weight excluding hydrogens is 284 g/mol. The summed E-state index contributed by atoms with van der Waals surface area (Å²) in [5, 5.41) is 10.2. The lowest BCUT2D eigenvalue weighted by Crippen LogP contribution is -1.88. The van der Waals surface area contributed by atoms with Gasteiger partial charge in [-0.25, -0.2) is 9.97 Å². The van der Waals surface area contributed by atoms with E-state index in [9.17, 15) is 0 Å². The summed E-state index contributed by atoms with van der Waals surface area (Å²) in [4.78, 5) is 13.7. The van der Waals surface area contributed by atoms with Gasteiger partial charge in [0.05, 0.1) is 22.2 Å². The van der Waals surface area contributed by atoms with Crippen LogP contribution in [0, 0.1) is 6.92 Å². The molecule has 0 fully saturated rings. The molecule has 7 heteroatoms. The molecule has 0 spiro atoms. The standard InChI is InChI=1S/C14H10N6S/c1-7-12(20-2-3-21-14(20)16-7)13-17-10-4-8-6-15-19-9(8)5-11(10)18-13/h2-6H,1H3,(H,15,19)(H,17,18). The van der Waals surface area contributed by atoms with Crippen molar-refractivity contribution < 1.29 is 0 Å². The molecule has 5 aromatic rings. The second kappa shape index (κ2) is 3.70. The number of nitrogens with zero attached hydrogens (tertiary/aromatic N) is 4. The predicted octanol–water partition coefficient (Wildman–Crippen LogP) is 3.12. The quantitative estimate of drug-likeness (QED) is 0.499. The first-order chi connectivity index (χ1) is 10.3. The molecule has 0 saturated heterocycles. The molecule has 0 amide bonds. The number of H-pyrrole nitrogens is 2. The van der Waals surface area contributed by atoms with Gasteiger partial charge in [-0.15, -0.1) is 11.3 Å². The molecule has 0 saturated carbocycles. The zero-order valence-electron chi connectivity index (χ0n) is 11.1. The van der Waals surface area contributed by atoms with Crippen LogP contribution in [0.4, 0.5) is 0 Å². The number of hydrogen-bond donors (Lipinski definition) is 2. The van der Waals surface area contributed by atoms with Crippen LogP contribution in [0.2, 0.25) is 0 Å². The number of fused-ring (bicyclic) bond motifs is 3. The Morgan fingerprint density at radius 3 is 3.10 bits per heavy atom. The van der Waals surface area contributed by atoms with Crippen LogP contribution in [-0.2, 0) is 0 Å². The minimum absolute atomic E-state index is 0.838. The van der Waals surface area contributed by atoms with Crippen molar-refractivity contribution >= 4 is 38.2 Å². The van der Waals surface area contributed by atoms with E-state index in [-0.39, 0.29) is 0 Å². The summed E-state index contributed by atoms with van der Waals surface area (Å²) in [5.41, 5.74) is 4.84. The van der Waals surface area contributed by atoms with Crippen LogP contribution in [0.1, 0.15) is 5.69 Å². The average Bonchev–Trinajstić information content (AvgIpc) is 3.16. The zero-order chi connectivity index (χ0) is 14.0. The molecule has 102 valence electrons. The van der Waals surface area contributed by atoms with Crippen LogP contribution in [0.5, 0.6) is 0 Å². The average molecular weight is 294 g/mol. The molecule has 2 N–H and O–H groups in total. The number of rotatable bonds is 1. The highest BCUT2D eigenvalue weighted by molar-refractivity contribution is 7.15. The number of imidazole rings is 2. The lowest BCUT2D eigenvalue weighted by Gasteiger charge is -1.95. The van der Waals surface area contributed by atoms with E-state index in [0.717, 1.165) is 44.1 Å². The molecule has 0 aliphatic rings. The molecule has 0 unspecified atom stereocenters. The Balaban J connectivity index is 1.83. The molecule has 0 bridgehead atoms. The number of aryl methyl sites for hydroxylation is 1. The lowest BCUT2D eigenvalue weighted by atomic mass is 10.2. The maximum absolute atomic E-state index is 4.72. The highest BCUT2D eigenvalue weighted by atomic mass is 32.1. The molecule has 6 nitrogen and oxygen atoms in total. The fourth-order valence-electron chi connectivity index (χ4n) is 2.74. The third-order valence-corrected chi connectivity index (χ3v) is 4.45. The van der Waals surface area contributed by atoms with Crippen LogP contribution in [0.3, 0.4) is 0 Å². The van der Waals surface area contributed by atoms with Gasteiger partial charge >= 0.3 is 0 Å². The van der Waals surface area contributed by atoms with Crippen LogP contribution >= 0.6 is 11.3 Å². The second-order valence-corrected chi connectivity index (χ2v) is 5.87. The van der Waals surface area contributed by atoms with Gasteiger partial charge in [0.2, 0.25) is 0 Å². The van der Waals surface area contributed by atoms with Crippen LogP contribution < -0.4 is 0 Å². The minimum Gasteiger partial charge on any atom is -0.337 e. The number of nitrogens with one attached hydrogen (secondary N) is 2. The summed E-state index contributed by atoms with van der Waals surface area (Å²) in [6.45, 7) is 2.01. The molecule has 21 heavy (non-hydrogen) atoms. The summed E-state index contributed by atoms with van der Waals surface area (Å²) in [5.74, 6) is 0.838. The van der Waals surface area contributed by atoms with Gasteiger partial charge in [0.1, 0.15) is 5.69 Å². The molecule has 1 aromatic carbocycles. The van der Waals surface area contributed by atoms with Crippen molar-refractivity contribution in [1.29, 1.82) is 0 Å². The third-order valence-electron chi connectivity index (χ3n) is 3.70. The Labute approximate surface area is 122 Å². The Kier molecular flexibility index (Phi) is 1.95. The number of hydrogen-bond acceptors (Lipinski definition) is 4. The molecule has 0 aliphatic heterocycles. The van der Waals surface area contributed by atoms with Crippen molar-refractivity contribution in [2.75, 3.05) is 0 Å². The maximum Gasteiger partial charge on any atom is 0.194 e. The number of aromatic amines is 2. The fraction of sp³-hybridized carbons (Fsp3) is 0.0714. The van der Waals surface area contributed by atoms with E-state index in [4.69, 9.17) is 4.98 Å². The van der Waals surface area contributed by atoms with Gasteiger partial charge in [-0.2, -0.15) is 5.10 Å². The lowest BCUT2D eigenvalue weighted by molar-refractivity contribution is 1.12. The van der Waals surface area contributed by atoms with E-state index in [0.29, 0.717) is 0 Å². The van der Waals surface area contributed by atoms with Crippen molar-refractivity contribution in [2.45, 2.75) is 6.92 Å². The van der Waals surface area contributed by atoms with Crippen LogP contribution in [-0.4, -0.2) is 29.5 Å². The summed E-state index contributed by atoms with van der Waals surface area (Å²) in [6, 6.07) is 4.05. The van der Waals surface area contributed by atoms with E-state index >= 15 is 0 Å². The zero-order valence-corrected chi connectivity index (χ0v) is 11.9. The van der Waals surface area contributed by atoms with Crippen molar-refractivity contribution in [1.82, 2.24) is 29.5 Å². The predicted molar refractivity (Wildman–Crippen MR) is 82.5 cm³/mol. The normalized spacial score (nSPS) is 12.0. The molecule has 0 radical (unpaired) electrons. The first kappa shape index (κ1) is 11.0. The summed E-state index contributed by atoms with van der Waals surface area (Å²) < 4.78 is 2.07. The van der Waals surface area contributed by atoms with E-state index in [1.807, 2.05) is 36.8 Å². The molecular formula is C14H10N6S. The second-order valence-electron chi connectivity index (χ2n) is 5.00. The van der Waals surface area contributed by atoms with E-state index in [1.165, 1.54) is 0 Å². The SMILES string of the molecule is Cc1nc2sccn2c1-c1nc2cc3c[nH]nc3cc2[nH]1. The van der Waals surface area contributed by atoms with Gasteiger partial charge in [0, 0.05) is 23.2 Å². The minimum atomic E-state index is 0.838. The third kappa shape index (κ3) is 1.43. The van der Waals surface area contributed by atoms with E-state index in [1.54, 1.807) is 11.3 Å². The molecule has 5 rings (SSSR count). The highest BCUT2D eigenvalue weighted by Gasteiger charge is 2.15. The van der Waals surface area contributed by atoms with Gasteiger partial charge < -0.3 is 4.98 Å². The van der Waals surface area contributed by atoms with Crippen molar-refractivity contribution in [3.05, 3.63) is 35.6 Å².